The van der Waals surface area contributed by atoms with Crippen molar-refractivity contribution in [2.24, 2.45) is 0 Å². The first-order valence-corrected chi connectivity index (χ1v) is 9.31. The average Bonchev–Trinajstić information content (AvgIpc) is 2.69. The van der Waals surface area contributed by atoms with E-state index in [1.165, 1.54) is 18.2 Å². The third-order valence-electron chi connectivity index (χ3n) is 4.37. The van der Waals surface area contributed by atoms with E-state index >= 15 is 0 Å². The number of hydrogen-bond donors (Lipinski definition) is 2. The molecule has 0 atom stereocenters. The molecule has 1 amide bonds. The van der Waals surface area contributed by atoms with Crippen molar-refractivity contribution in [1.29, 1.82) is 0 Å². The number of hydrogen-bond acceptors (Lipinski definition) is 4. The number of aromatic nitrogens is 2. The zero-order chi connectivity index (χ0) is 21.3. The number of nitrogens with one attached hydrogen (secondary N) is 2. The van der Waals surface area contributed by atoms with E-state index in [1.54, 1.807) is 43.5 Å². The number of ether oxygens (including phenoxy) is 1. The highest BCUT2D eigenvalue weighted by molar-refractivity contribution is 6.31. The molecule has 0 aliphatic rings. The smallest absolute Gasteiger partial charge is 0.261 e. The molecule has 0 aliphatic heterocycles. The molecule has 4 rings (SSSR count). The van der Waals surface area contributed by atoms with Crippen LogP contribution in [0, 0.1) is 12.7 Å². The topological polar surface area (TPSA) is 84.1 Å². The monoisotopic (exact) mass is 423 g/mol. The van der Waals surface area contributed by atoms with Crippen molar-refractivity contribution in [3.63, 3.8) is 0 Å². The molecule has 0 saturated carbocycles. The van der Waals surface area contributed by atoms with Crippen LogP contribution in [0.5, 0.6) is 11.5 Å². The molecular formula is C22H15ClFN3O3. The number of anilines is 1. The van der Waals surface area contributed by atoms with E-state index in [0.717, 1.165) is 6.07 Å². The molecule has 2 aromatic carbocycles. The van der Waals surface area contributed by atoms with Crippen molar-refractivity contribution >= 4 is 34.1 Å². The molecule has 30 heavy (non-hydrogen) atoms. The van der Waals surface area contributed by atoms with E-state index in [-0.39, 0.29) is 17.0 Å². The van der Waals surface area contributed by atoms with Gasteiger partial charge < -0.3 is 15.0 Å². The molecule has 4 aromatic rings. The standard InChI is InChI=1S/C22H15ClFN3O3/c1-12-2-5-16(21(28)26-12)22(29)27-14-4-7-20(17(24)11-14)30-19-8-9-25-18-10-13(23)3-6-15(18)19/h2-11H,1H3,(H,26,28)(H,27,29). The maximum absolute atomic E-state index is 14.6. The van der Waals surface area contributed by atoms with Gasteiger partial charge in [0.2, 0.25) is 0 Å². The highest BCUT2D eigenvalue weighted by atomic mass is 35.5. The highest BCUT2D eigenvalue weighted by Gasteiger charge is 2.13. The van der Waals surface area contributed by atoms with Gasteiger partial charge in [-0.2, -0.15) is 0 Å². The lowest BCUT2D eigenvalue weighted by Crippen LogP contribution is -2.23. The fourth-order valence-corrected chi connectivity index (χ4v) is 3.08. The Morgan fingerprint density at radius 2 is 1.93 bits per heavy atom. The zero-order valence-corrected chi connectivity index (χ0v) is 16.5. The first-order valence-electron chi connectivity index (χ1n) is 8.94. The van der Waals surface area contributed by atoms with Crippen molar-refractivity contribution in [2.45, 2.75) is 6.92 Å². The van der Waals surface area contributed by atoms with Crippen LogP contribution >= 0.6 is 11.6 Å². The van der Waals surface area contributed by atoms with Crippen molar-refractivity contribution in [3.05, 3.63) is 93.2 Å². The summed E-state index contributed by atoms with van der Waals surface area (Å²) in [6, 6.07) is 13.8. The van der Waals surface area contributed by atoms with Gasteiger partial charge in [-0.15, -0.1) is 0 Å². The van der Waals surface area contributed by atoms with Gasteiger partial charge in [0, 0.05) is 34.1 Å². The van der Waals surface area contributed by atoms with Gasteiger partial charge >= 0.3 is 0 Å². The van der Waals surface area contributed by atoms with Crippen LogP contribution in [0.15, 0.2) is 65.6 Å². The third-order valence-corrected chi connectivity index (χ3v) is 4.61. The molecule has 6 nitrogen and oxygen atoms in total. The third kappa shape index (κ3) is 4.01. The van der Waals surface area contributed by atoms with E-state index < -0.39 is 17.3 Å². The Hall–Kier alpha value is -3.71. The maximum atomic E-state index is 14.6. The molecule has 8 heteroatoms. The predicted octanol–water partition coefficient (Wildman–Crippen LogP) is 5.07. The van der Waals surface area contributed by atoms with Crippen LogP contribution in [0.1, 0.15) is 16.1 Å². The fourth-order valence-electron chi connectivity index (χ4n) is 2.91. The summed E-state index contributed by atoms with van der Waals surface area (Å²) < 4.78 is 20.3. The second-order valence-electron chi connectivity index (χ2n) is 6.56. The molecule has 0 unspecified atom stereocenters. The normalized spacial score (nSPS) is 10.8. The van der Waals surface area contributed by atoms with Gasteiger partial charge in [0.05, 0.1) is 5.52 Å². The molecular weight excluding hydrogens is 409 g/mol. The minimum Gasteiger partial charge on any atom is -0.454 e. The Bertz CT molecular complexity index is 1340. The number of halogens is 2. The molecule has 0 fully saturated rings. The van der Waals surface area contributed by atoms with Crippen LogP contribution in [-0.4, -0.2) is 15.9 Å². The number of fused-ring (bicyclic) bond motifs is 1. The Kier molecular flexibility index (Phi) is 5.20. The number of carbonyl (C=O) groups is 1. The molecule has 0 bridgehead atoms. The first-order chi connectivity index (χ1) is 14.4. The maximum Gasteiger partial charge on any atom is 0.261 e. The van der Waals surface area contributed by atoms with Crippen LogP contribution in [0.3, 0.4) is 0 Å². The van der Waals surface area contributed by atoms with Gasteiger partial charge in [0.1, 0.15) is 11.3 Å². The van der Waals surface area contributed by atoms with Crippen LogP contribution in [-0.2, 0) is 0 Å². The molecule has 150 valence electrons. The highest BCUT2D eigenvalue weighted by Crippen LogP contribution is 2.32. The average molecular weight is 424 g/mol. The number of benzene rings is 2. The van der Waals surface area contributed by atoms with Gasteiger partial charge in [-0.3, -0.25) is 14.6 Å². The second kappa shape index (κ2) is 7.96. The largest absolute Gasteiger partial charge is 0.454 e. The van der Waals surface area contributed by atoms with Crippen molar-refractivity contribution in [2.75, 3.05) is 5.32 Å². The Labute approximate surface area is 175 Å². The van der Waals surface area contributed by atoms with E-state index in [0.29, 0.717) is 27.4 Å². The SMILES string of the molecule is Cc1ccc(C(=O)Nc2ccc(Oc3ccnc4cc(Cl)ccc34)c(F)c2)c(=O)[nH]1. The summed E-state index contributed by atoms with van der Waals surface area (Å²) in [7, 11) is 0. The minimum atomic E-state index is -0.676. The van der Waals surface area contributed by atoms with Gasteiger partial charge in [0.25, 0.3) is 11.5 Å². The second-order valence-corrected chi connectivity index (χ2v) is 6.99. The number of aromatic amines is 1. The number of H-pyrrole nitrogens is 1. The van der Waals surface area contributed by atoms with Crippen LogP contribution in [0.4, 0.5) is 10.1 Å². The van der Waals surface area contributed by atoms with Crippen molar-refractivity contribution in [1.82, 2.24) is 9.97 Å². The summed E-state index contributed by atoms with van der Waals surface area (Å²) in [5.74, 6) is -0.923. The first kappa shape index (κ1) is 19.6. The summed E-state index contributed by atoms with van der Waals surface area (Å²) in [4.78, 5) is 31.0. The van der Waals surface area contributed by atoms with E-state index in [2.05, 4.69) is 15.3 Å². The summed E-state index contributed by atoms with van der Waals surface area (Å²) in [5.41, 5.74) is 0.861. The summed E-state index contributed by atoms with van der Waals surface area (Å²) in [5, 5.41) is 3.72. The molecule has 0 radical (unpaired) electrons. The van der Waals surface area contributed by atoms with Gasteiger partial charge in [-0.25, -0.2) is 4.39 Å². The lowest BCUT2D eigenvalue weighted by Gasteiger charge is -2.11. The number of amides is 1. The number of nitrogens with zero attached hydrogens (tertiary/aromatic N) is 1. The van der Waals surface area contributed by atoms with Crippen LogP contribution in [0.25, 0.3) is 10.9 Å². The van der Waals surface area contributed by atoms with E-state index in [4.69, 9.17) is 16.3 Å². The Morgan fingerprint density at radius 3 is 2.70 bits per heavy atom. The number of rotatable bonds is 4. The summed E-state index contributed by atoms with van der Waals surface area (Å²) in [6.45, 7) is 1.71. The molecule has 0 aliphatic carbocycles. The van der Waals surface area contributed by atoms with Gasteiger partial charge in [-0.05, 0) is 55.5 Å². The minimum absolute atomic E-state index is 0.0244. The Balaban J connectivity index is 1.57. The lowest BCUT2D eigenvalue weighted by atomic mass is 10.2. The summed E-state index contributed by atoms with van der Waals surface area (Å²) in [6.07, 6.45) is 1.54. The number of pyridine rings is 2. The fraction of sp³-hybridized carbons (Fsp3) is 0.0455. The van der Waals surface area contributed by atoms with Gasteiger partial charge in [0.15, 0.2) is 11.6 Å². The van der Waals surface area contributed by atoms with E-state index in [9.17, 15) is 14.0 Å². The Morgan fingerprint density at radius 1 is 1.10 bits per heavy atom. The number of aryl methyl sites for hydroxylation is 1. The van der Waals surface area contributed by atoms with Crippen molar-refractivity contribution < 1.29 is 13.9 Å². The predicted molar refractivity (Wildman–Crippen MR) is 113 cm³/mol. The molecule has 2 aromatic heterocycles. The van der Waals surface area contributed by atoms with Gasteiger partial charge in [-0.1, -0.05) is 11.6 Å². The van der Waals surface area contributed by atoms with Crippen LogP contribution < -0.4 is 15.6 Å². The van der Waals surface area contributed by atoms with E-state index in [1.807, 2.05) is 0 Å². The molecule has 0 spiro atoms. The quantitative estimate of drug-likeness (QED) is 0.480. The van der Waals surface area contributed by atoms with Crippen LogP contribution in [0.2, 0.25) is 5.02 Å². The lowest BCUT2D eigenvalue weighted by molar-refractivity contribution is 0.102. The van der Waals surface area contributed by atoms with Crippen molar-refractivity contribution in [3.8, 4) is 11.5 Å². The molecule has 0 saturated heterocycles. The summed E-state index contributed by atoms with van der Waals surface area (Å²) >= 11 is 5.98. The zero-order valence-electron chi connectivity index (χ0n) is 15.7. The number of carbonyl (C=O) groups excluding carboxylic acids is 1. The molecule has 2 heterocycles. The molecule has 2 N–H and O–H groups in total.